The summed E-state index contributed by atoms with van der Waals surface area (Å²) in [5.74, 6) is -1.22. The van der Waals surface area contributed by atoms with E-state index in [1.165, 1.54) is 0 Å². The quantitative estimate of drug-likeness (QED) is 0.757. The molecule has 4 atom stereocenters. The number of nitrogens with zero attached hydrogens (tertiary/aromatic N) is 1. The van der Waals surface area contributed by atoms with E-state index in [-0.39, 0.29) is 12.3 Å². The Balaban J connectivity index is 2.47. The molecule has 0 unspecified atom stereocenters. The molecule has 0 saturated carbocycles. The van der Waals surface area contributed by atoms with Gasteiger partial charge in [-0.05, 0) is 18.9 Å². The average Bonchev–Trinajstić information content (AvgIpc) is 2.59. The van der Waals surface area contributed by atoms with Gasteiger partial charge in [-0.15, -0.1) is 0 Å². The normalized spacial score (nSPS) is 27.9. The van der Waals surface area contributed by atoms with Crippen LogP contribution in [-0.2, 0) is 10.4 Å². The van der Waals surface area contributed by atoms with Crippen LogP contribution >= 0.6 is 0 Å². The standard InChI is InChI=1S/C15H21NO4/c1-4-9(2)13(14(18)19)16-6-5-10-11(8-16)15(3,20)7-12(10)17/h5-6,8-9,12-13,17,20H,4,7H2,1-3H3/t9-,12+,13+,15+/m0/s1. The van der Waals surface area contributed by atoms with Gasteiger partial charge in [0.15, 0.2) is 18.4 Å². The number of aliphatic hydroxyl groups is 2. The van der Waals surface area contributed by atoms with Crippen LogP contribution < -0.4 is 9.67 Å². The number of hydrogen-bond acceptors (Lipinski definition) is 4. The van der Waals surface area contributed by atoms with Crippen molar-refractivity contribution in [1.82, 2.24) is 0 Å². The van der Waals surface area contributed by atoms with Crippen molar-refractivity contribution < 1.29 is 24.7 Å². The maximum atomic E-state index is 11.4. The summed E-state index contributed by atoms with van der Waals surface area (Å²) in [5, 5.41) is 31.6. The molecule has 1 aliphatic rings. The van der Waals surface area contributed by atoms with E-state index in [0.29, 0.717) is 17.5 Å². The second-order valence-electron chi connectivity index (χ2n) is 5.90. The minimum absolute atomic E-state index is 0.0840. The van der Waals surface area contributed by atoms with Crippen LogP contribution in [0, 0.1) is 5.92 Å². The van der Waals surface area contributed by atoms with Crippen molar-refractivity contribution >= 4 is 5.97 Å². The molecule has 5 heteroatoms. The van der Waals surface area contributed by atoms with Crippen molar-refractivity contribution in [1.29, 1.82) is 0 Å². The summed E-state index contributed by atoms with van der Waals surface area (Å²) in [5.41, 5.74) is 0.110. The molecule has 0 saturated heterocycles. The molecule has 5 nitrogen and oxygen atoms in total. The minimum Gasteiger partial charge on any atom is -0.543 e. The van der Waals surface area contributed by atoms with Crippen LogP contribution in [0.4, 0.5) is 0 Å². The number of carbonyl (C=O) groups excluding carboxylic acids is 1. The summed E-state index contributed by atoms with van der Waals surface area (Å²) >= 11 is 0. The van der Waals surface area contributed by atoms with Gasteiger partial charge in [-0.3, -0.25) is 0 Å². The maximum Gasteiger partial charge on any atom is 0.200 e. The van der Waals surface area contributed by atoms with Crippen molar-refractivity contribution in [3.63, 3.8) is 0 Å². The summed E-state index contributed by atoms with van der Waals surface area (Å²) < 4.78 is 1.56. The number of aliphatic carboxylic acids is 1. The van der Waals surface area contributed by atoms with E-state index in [4.69, 9.17) is 0 Å². The number of rotatable bonds is 4. The lowest BCUT2D eigenvalue weighted by molar-refractivity contribution is -0.723. The predicted molar refractivity (Wildman–Crippen MR) is 69.3 cm³/mol. The largest absolute Gasteiger partial charge is 0.543 e. The first-order valence-corrected chi connectivity index (χ1v) is 6.94. The fraction of sp³-hybridized carbons (Fsp3) is 0.600. The highest BCUT2D eigenvalue weighted by atomic mass is 16.4. The van der Waals surface area contributed by atoms with Crippen LogP contribution in [0.15, 0.2) is 18.5 Å². The minimum atomic E-state index is -1.14. The molecule has 2 N–H and O–H groups in total. The van der Waals surface area contributed by atoms with E-state index in [1.807, 2.05) is 13.8 Å². The highest BCUT2D eigenvalue weighted by Crippen LogP contribution is 2.42. The molecule has 1 heterocycles. The van der Waals surface area contributed by atoms with Crippen LogP contribution in [0.25, 0.3) is 0 Å². The monoisotopic (exact) mass is 279 g/mol. The molecule has 0 aliphatic heterocycles. The summed E-state index contributed by atoms with van der Waals surface area (Å²) in [6, 6.07) is 0.901. The van der Waals surface area contributed by atoms with Gasteiger partial charge in [0.1, 0.15) is 5.97 Å². The zero-order valence-electron chi connectivity index (χ0n) is 12.0. The van der Waals surface area contributed by atoms with Crippen molar-refractivity contribution in [2.24, 2.45) is 5.92 Å². The van der Waals surface area contributed by atoms with Gasteiger partial charge in [0.25, 0.3) is 0 Å². The van der Waals surface area contributed by atoms with Gasteiger partial charge in [0.05, 0.1) is 17.3 Å². The second-order valence-corrected chi connectivity index (χ2v) is 5.90. The first-order valence-electron chi connectivity index (χ1n) is 6.94. The predicted octanol–water partition coefficient (Wildman–Crippen LogP) is -0.0442. The molecule has 0 aromatic carbocycles. The van der Waals surface area contributed by atoms with Crippen LogP contribution in [0.5, 0.6) is 0 Å². The maximum absolute atomic E-state index is 11.4. The van der Waals surface area contributed by atoms with Gasteiger partial charge in [0, 0.05) is 18.4 Å². The lowest BCUT2D eigenvalue weighted by Crippen LogP contribution is -2.52. The fourth-order valence-corrected chi connectivity index (χ4v) is 2.90. The number of pyridine rings is 1. The molecule has 1 aromatic heterocycles. The molecule has 0 fully saturated rings. The lowest BCUT2D eigenvalue weighted by Gasteiger charge is -2.21. The van der Waals surface area contributed by atoms with E-state index >= 15 is 0 Å². The third-order valence-corrected chi connectivity index (χ3v) is 4.29. The highest BCUT2D eigenvalue weighted by Gasteiger charge is 2.41. The number of carboxylic acids is 1. The molecule has 1 aliphatic carbocycles. The average molecular weight is 279 g/mol. The van der Waals surface area contributed by atoms with E-state index < -0.39 is 23.7 Å². The van der Waals surface area contributed by atoms with Gasteiger partial charge < -0.3 is 20.1 Å². The van der Waals surface area contributed by atoms with Gasteiger partial charge in [-0.2, -0.15) is 4.57 Å². The zero-order valence-corrected chi connectivity index (χ0v) is 12.0. The van der Waals surface area contributed by atoms with Crippen LogP contribution in [0.3, 0.4) is 0 Å². The zero-order chi connectivity index (χ0) is 15.1. The lowest BCUT2D eigenvalue weighted by atomic mass is 9.97. The number of carboxylic acid groups (broad SMARTS) is 1. The second kappa shape index (κ2) is 5.14. The van der Waals surface area contributed by atoms with E-state index in [9.17, 15) is 20.1 Å². The van der Waals surface area contributed by atoms with E-state index in [1.54, 1.807) is 30.0 Å². The summed E-state index contributed by atoms with van der Waals surface area (Å²) in [7, 11) is 0. The highest BCUT2D eigenvalue weighted by molar-refractivity contribution is 5.67. The van der Waals surface area contributed by atoms with E-state index in [2.05, 4.69) is 0 Å². The van der Waals surface area contributed by atoms with Crippen molar-refractivity contribution in [2.45, 2.75) is 51.4 Å². The van der Waals surface area contributed by atoms with Crippen LogP contribution in [-0.4, -0.2) is 16.2 Å². The Hall–Kier alpha value is -1.46. The summed E-state index contributed by atoms with van der Waals surface area (Å²) in [6.07, 6.45) is 3.49. The van der Waals surface area contributed by atoms with Gasteiger partial charge in [-0.1, -0.05) is 13.8 Å². The molecule has 0 spiro atoms. The third kappa shape index (κ3) is 2.43. The van der Waals surface area contributed by atoms with Gasteiger partial charge in [-0.25, -0.2) is 0 Å². The number of aromatic nitrogens is 1. The fourth-order valence-electron chi connectivity index (χ4n) is 2.90. The molecule has 20 heavy (non-hydrogen) atoms. The molecular formula is C15H21NO4. The van der Waals surface area contributed by atoms with Crippen molar-refractivity contribution in [3.05, 3.63) is 29.6 Å². The molecule has 0 amide bonds. The first-order chi connectivity index (χ1) is 9.27. The topological polar surface area (TPSA) is 84.5 Å². The summed E-state index contributed by atoms with van der Waals surface area (Å²) in [6.45, 7) is 5.41. The Morgan fingerprint density at radius 3 is 2.85 bits per heavy atom. The SMILES string of the molecule is CC[C@H](C)[C@H](C(=O)[O-])[n+]1ccc2c(c1)[C@](C)(O)C[C@H]2O. The Kier molecular flexibility index (Phi) is 3.84. The van der Waals surface area contributed by atoms with Crippen LogP contribution in [0.2, 0.25) is 0 Å². The Morgan fingerprint density at radius 1 is 1.65 bits per heavy atom. The molecular weight excluding hydrogens is 258 g/mol. The molecule has 2 rings (SSSR count). The third-order valence-electron chi connectivity index (χ3n) is 4.29. The number of fused-ring (bicyclic) bond motifs is 1. The molecule has 0 bridgehead atoms. The number of aliphatic hydroxyl groups excluding tert-OH is 1. The van der Waals surface area contributed by atoms with Crippen molar-refractivity contribution in [3.8, 4) is 0 Å². The van der Waals surface area contributed by atoms with Crippen LogP contribution in [0.1, 0.15) is 56.9 Å². The Morgan fingerprint density at radius 2 is 2.30 bits per heavy atom. The smallest absolute Gasteiger partial charge is 0.200 e. The van der Waals surface area contributed by atoms with E-state index in [0.717, 1.165) is 0 Å². The Labute approximate surface area is 118 Å². The molecule has 110 valence electrons. The number of carbonyl (C=O) groups is 1. The van der Waals surface area contributed by atoms with Gasteiger partial charge in [0.2, 0.25) is 0 Å². The Bertz CT molecular complexity index is 527. The molecule has 1 aromatic rings. The first kappa shape index (κ1) is 14.9. The van der Waals surface area contributed by atoms with Crippen molar-refractivity contribution in [2.75, 3.05) is 0 Å². The molecule has 0 radical (unpaired) electrons. The summed E-state index contributed by atoms with van der Waals surface area (Å²) in [4.78, 5) is 11.4. The number of hydrogen-bond donors (Lipinski definition) is 2. The van der Waals surface area contributed by atoms with Gasteiger partial charge >= 0.3 is 0 Å².